The third kappa shape index (κ3) is 3.58. The minimum Gasteiger partial charge on any atom is -0.507 e. The number of hydrogen-bond donors (Lipinski definition) is 1. The number of nitrogens with zero attached hydrogens (tertiary/aromatic N) is 4. The number of nitriles is 1. The number of hydrogen-bond acceptors (Lipinski definition) is 4. The molecule has 126 valence electrons. The van der Waals surface area contributed by atoms with Crippen LogP contribution in [0.25, 0.3) is 0 Å². The molecule has 0 aliphatic carbocycles. The molecule has 1 heterocycles. The summed E-state index contributed by atoms with van der Waals surface area (Å²) in [7, 11) is 0. The molecule has 0 aliphatic rings. The van der Waals surface area contributed by atoms with E-state index in [4.69, 9.17) is 5.26 Å². The average Bonchev–Trinajstić information content (AvgIpc) is 3.15. The highest BCUT2D eigenvalue weighted by atomic mass is 19.3. The van der Waals surface area contributed by atoms with Crippen LogP contribution in [-0.2, 0) is 6.54 Å². The second kappa shape index (κ2) is 7.01. The number of phenols is 1. The van der Waals surface area contributed by atoms with Gasteiger partial charge in [0.2, 0.25) is 0 Å². The molecule has 0 saturated heterocycles. The maximum atomic E-state index is 13.0. The molecular weight excluding hydrogens is 326 g/mol. The lowest BCUT2D eigenvalue weighted by molar-refractivity contribution is 0.147. The van der Waals surface area contributed by atoms with Crippen LogP contribution in [0.1, 0.15) is 23.1 Å². The molecule has 0 amide bonds. The van der Waals surface area contributed by atoms with Gasteiger partial charge in [-0.15, -0.1) is 0 Å². The van der Waals surface area contributed by atoms with Crippen molar-refractivity contribution < 1.29 is 13.9 Å². The van der Waals surface area contributed by atoms with Crippen molar-refractivity contribution in [2.75, 3.05) is 5.01 Å². The van der Waals surface area contributed by atoms with Crippen molar-refractivity contribution in [3.05, 3.63) is 77.9 Å². The summed E-state index contributed by atoms with van der Waals surface area (Å²) in [6.07, 6.45) is 2.17. The number of imidazole rings is 1. The molecule has 3 aromatic rings. The van der Waals surface area contributed by atoms with Gasteiger partial charge in [-0.05, 0) is 42.0 Å². The Hall–Kier alpha value is -3.40. The summed E-state index contributed by atoms with van der Waals surface area (Å²) in [4.78, 5) is 4.01. The van der Waals surface area contributed by atoms with E-state index in [2.05, 4.69) is 11.1 Å². The van der Waals surface area contributed by atoms with E-state index in [-0.39, 0.29) is 6.54 Å². The number of alkyl halides is 2. The quantitative estimate of drug-likeness (QED) is 0.766. The summed E-state index contributed by atoms with van der Waals surface area (Å²) in [5.74, 6) is -0.425. The SMILES string of the molecule is N#Cc1ccc(N(Cc2ccc(O)c(C(F)F)c2)n2ccnc2)cc1. The van der Waals surface area contributed by atoms with E-state index in [0.29, 0.717) is 11.1 Å². The molecular formula is C18H14F2N4O. The molecule has 0 atom stereocenters. The maximum absolute atomic E-state index is 13.0. The Kier molecular flexibility index (Phi) is 4.61. The van der Waals surface area contributed by atoms with Crippen LogP contribution in [0.15, 0.2) is 61.2 Å². The van der Waals surface area contributed by atoms with Gasteiger partial charge in [-0.2, -0.15) is 5.26 Å². The van der Waals surface area contributed by atoms with Gasteiger partial charge in [-0.1, -0.05) is 6.07 Å². The molecule has 2 aromatic carbocycles. The lowest BCUT2D eigenvalue weighted by Gasteiger charge is -2.26. The van der Waals surface area contributed by atoms with Crippen molar-refractivity contribution >= 4 is 5.69 Å². The Balaban J connectivity index is 1.96. The molecule has 0 aliphatic heterocycles. The van der Waals surface area contributed by atoms with Crippen LogP contribution < -0.4 is 5.01 Å². The second-order valence-corrected chi connectivity index (χ2v) is 5.35. The highest BCUT2D eigenvalue weighted by Crippen LogP contribution is 2.30. The fourth-order valence-corrected chi connectivity index (χ4v) is 2.46. The van der Waals surface area contributed by atoms with Gasteiger partial charge >= 0.3 is 0 Å². The zero-order chi connectivity index (χ0) is 17.8. The van der Waals surface area contributed by atoms with E-state index in [1.165, 1.54) is 12.1 Å². The Morgan fingerprint density at radius 1 is 1.20 bits per heavy atom. The lowest BCUT2D eigenvalue weighted by atomic mass is 10.1. The van der Waals surface area contributed by atoms with E-state index >= 15 is 0 Å². The van der Waals surface area contributed by atoms with Crippen LogP contribution in [0.2, 0.25) is 0 Å². The number of rotatable bonds is 5. The second-order valence-electron chi connectivity index (χ2n) is 5.35. The average molecular weight is 340 g/mol. The Morgan fingerprint density at radius 2 is 1.96 bits per heavy atom. The molecule has 0 bridgehead atoms. The third-order valence-corrected chi connectivity index (χ3v) is 3.72. The molecule has 5 nitrogen and oxygen atoms in total. The van der Waals surface area contributed by atoms with Gasteiger partial charge in [0.05, 0.1) is 29.4 Å². The van der Waals surface area contributed by atoms with Gasteiger partial charge in [0, 0.05) is 12.4 Å². The molecule has 7 heteroatoms. The van der Waals surface area contributed by atoms with Crippen LogP contribution in [0.3, 0.4) is 0 Å². The zero-order valence-electron chi connectivity index (χ0n) is 13.0. The third-order valence-electron chi connectivity index (χ3n) is 3.72. The standard InChI is InChI=1S/C18H14F2N4O/c19-18(20)16-9-14(3-6-17(16)25)11-24(23-8-7-22-12-23)15-4-1-13(10-21)2-5-15/h1-9,12,18,25H,11H2. The summed E-state index contributed by atoms with van der Waals surface area (Å²) >= 11 is 0. The predicted octanol–water partition coefficient (Wildman–Crippen LogP) is 3.87. The molecule has 0 radical (unpaired) electrons. The van der Waals surface area contributed by atoms with Gasteiger partial charge in [0.1, 0.15) is 12.1 Å². The first kappa shape index (κ1) is 16.5. The van der Waals surface area contributed by atoms with Gasteiger partial charge in [0.25, 0.3) is 6.43 Å². The number of anilines is 1. The van der Waals surface area contributed by atoms with Gasteiger partial charge in [-0.25, -0.2) is 18.4 Å². The van der Waals surface area contributed by atoms with Crippen LogP contribution in [0, 0.1) is 11.3 Å². The number of benzene rings is 2. The summed E-state index contributed by atoms with van der Waals surface area (Å²) in [5, 5.41) is 20.3. The summed E-state index contributed by atoms with van der Waals surface area (Å²) < 4.78 is 27.7. The summed E-state index contributed by atoms with van der Waals surface area (Å²) in [6, 6.07) is 13.1. The van der Waals surface area contributed by atoms with Crippen molar-refractivity contribution in [3.63, 3.8) is 0 Å². The first-order chi connectivity index (χ1) is 12.1. The molecule has 25 heavy (non-hydrogen) atoms. The van der Waals surface area contributed by atoms with Crippen LogP contribution >= 0.6 is 0 Å². The lowest BCUT2D eigenvalue weighted by Crippen LogP contribution is -2.27. The van der Waals surface area contributed by atoms with E-state index in [9.17, 15) is 13.9 Å². The normalized spacial score (nSPS) is 10.6. The zero-order valence-corrected chi connectivity index (χ0v) is 13.0. The van der Waals surface area contributed by atoms with Crippen LogP contribution in [0.5, 0.6) is 5.75 Å². The first-order valence-corrected chi connectivity index (χ1v) is 7.44. The number of phenolic OH excluding ortho intramolecular Hbond substituents is 1. The minimum absolute atomic E-state index is 0.280. The van der Waals surface area contributed by atoms with Crippen molar-refractivity contribution in [2.45, 2.75) is 13.0 Å². The Labute approximate surface area is 143 Å². The number of aromatic nitrogens is 2. The smallest absolute Gasteiger partial charge is 0.267 e. The minimum atomic E-state index is -2.75. The fourth-order valence-electron chi connectivity index (χ4n) is 2.46. The van der Waals surface area contributed by atoms with E-state index < -0.39 is 17.7 Å². The van der Waals surface area contributed by atoms with E-state index in [0.717, 1.165) is 5.69 Å². The number of halogens is 2. The van der Waals surface area contributed by atoms with Gasteiger partial charge in [0.15, 0.2) is 0 Å². The maximum Gasteiger partial charge on any atom is 0.267 e. The summed E-state index contributed by atoms with van der Waals surface area (Å²) in [5.41, 5.74) is 1.50. The molecule has 3 rings (SSSR count). The van der Waals surface area contributed by atoms with E-state index in [1.807, 2.05) is 5.01 Å². The van der Waals surface area contributed by atoms with Crippen molar-refractivity contribution in [1.82, 2.24) is 9.66 Å². The largest absolute Gasteiger partial charge is 0.507 e. The number of aromatic hydroxyl groups is 1. The first-order valence-electron chi connectivity index (χ1n) is 7.44. The van der Waals surface area contributed by atoms with Crippen molar-refractivity contribution in [3.8, 4) is 11.8 Å². The summed E-state index contributed by atoms with van der Waals surface area (Å²) in [6.45, 7) is 0.280. The van der Waals surface area contributed by atoms with Crippen molar-refractivity contribution in [2.24, 2.45) is 0 Å². The van der Waals surface area contributed by atoms with Crippen LogP contribution in [-0.4, -0.2) is 14.8 Å². The molecule has 0 spiro atoms. The fraction of sp³-hybridized carbons (Fsp3) is 0.111. The van der Waals surface area contributed by atoms with Gasteiger partial charge < -0.3 is 5.11 Å². The topological polar surface area (TPSA) is 65.1 Å². The Bertz CT molecular complexity index is 886. The monoisotopic (exact) mass is 340 g/mol. The molecule has 1 N–H and O–H groups in total. The molecule has 1 aromatic heterocycles. The van der Waals surface area contributed by atoms with Crippen LogP contribution in [0.4, 0.5) is 14.5 Å². The highest BCUT2D eigenvalue weighted by Gasteiger charge is 2.15. The molecule has 0 unspecified atom stereocenters. The van der Waals surface area contributed by atoms with Crippen molar-refractivity contribution in [1.29, 1.82) is 5.26 Å². The molecule has 0 saturated carbocycles. The van der Waals surface area contributed by atoms with E-state index in [1.54, 1.807) is 53.7 Å². The Morgan fingerprint density at radius 3 is 2.56 bits per heavy atom. The van der Waals surface area contributed by atoms with Gasteiger partial charge in [-0.3, -0.25) is 5.01 Å². The molecule has 0 fully saturated rings. The predicted molar refractivity (Wildman–Crippen MR) is 88.0 cm³/mol. The highest BCUT2D eigenvalue weighted by molar-refractivity contribution is 5.50.